The maximum Gasteiger partial charge on any atom is 0.244 e. The fourth-order valence-electron chi connectivity index (χ4n) is 2.21. The van der Waals surface area contributed by atoms with E-state index < -0.39 is 5.91 Å². The van der Waals surface area contributed by atoms with Crippen LogP contribution in [0, 0.1) is 0 Å². The Bertz CT molecular complexity index is 701. The molecule has 0 aliphatic rings. The number of carbonyl (C=O) groups excluding carboxylic acids is 2. The molecular weight excluding hydrogens is 280 g/mol. The summed E-state index contributed by atoms with van der Waals surface area (Å²) in [5, 5.41) is 3.40. The van der Waals surface area contributed by atoms with Crippen LogP contribution in [0.25, 0.3) is 17.0 Å². The van der Waals surface area contributed by atoms with Crippen molar-refractivity contribution in [2.45, 2.75) is 26.2 Å². The van der Waals surface area contributed by atoms with Crippen LogP contribution in [0.15, 0.2) is 34.8 Å². The van der Waals surface area contributed by atoms with Crippen LogP contribution in [0.3, 0.4) is 0 Å². The number of rotatable bonds is 7. The minimum absolute atomic E-state index is 0.169. The molecule has 0 atom stereocenters. The molecule has 0 saturated heterocycles. The molecule has 5 heteroatoms. The van der Waals surface area contributed by atoms with E-state index in [1.54, 1.807) is 6.08 Å². The summed E-state index contributed by atoms with van der Waals surface area (Å²) < 4.78 is 5.87. The number of unbranched alkanes of at least 4 members (excludes halogenated alkanes) is 1. The van der Waals surface area contributed by atoms with Crippen LogP contribution in [0.5, 0.6) is 0 Å². The van der Waals surface area contributed by atoms with Gasteiger partial charge in [0, 0.05) is 23.4 Å². The van der Waals surface area contributed by atoms with Gasteiger partial charge in [0.05, 0.1) is 6.54 Å². The van der Waals surface area contributed by atoms with E-state index in [0.717, 1.165) is 41.6 Å². The molecule has 116 valence electrons. The number of fused-ring (bicyclic) bond motifs is 1. The van der Waals surface area contributed by atoms with Gasteiger partial charge in [-0.1, -0.05) is 31.5 Å². The fraction of sp³-hybridized carbons (Fsp3) is 0.294. The molecule has 0 radical (unpaired) electrons. The quantitative estimate of drug-likeness (QED) is 0.770. The molecule has 2 rings (SSSR count). The zero-order valence-corrected chi connectivity index (χ0v) is 12.6. The molecule has 1 heterocycles. The number of furan rings is 1. The highest BCUT2D eigenvalue weighted by atomic mass is 16.3. The lowest BCUT2D eigenvalue weighted by molar-refractivity contribution is -0.122. The van der Waals surface area contributed by atoms with Gasteiger partial charge in [0.1, 0.15) is 11.3 Å². The second-order valence-electron chi connectivity index (χ2n) is 5.06. The van der Waals surface area contributed by atoms with Crippen molar-refractivity contribution in [1.29, 1.82) is 0 Å². The fourth-order valence-corrected chi connectivity index (χ4v) is 2.21. The summed E-state index contributed by atoms with van der Waals surface area (Å²) >= 11 is 0. The number of benzene rings is 1. The van der Waals surface area contributed by atoms with Gasteiger partial charge >= 0.3 is 0 Å². The van der Waals surface area contributed by atoms with E-state index in [0.29, 0.717) is 0 Å². The van der Waals surface area contributed by atoms with E-state index in [4.69, 9.17) is 10.2 Å². The van der Waals surface area contributed by atoms with Gasteiger partial charge in [0.25, 0.3) is 0 Å². The summed E-state index contributed by atoms with van der Waals surface area (Å²) in [6, 6.07) is 7.74. The molecule has 1 aromatic carbocycles. The maximum atomic E-state index is 11.7. The van der Waals surface area contributed by atoms with Crippen LogP contribution in [0.2, 0.25) is 0 Å². The van der Waals surface area contributed by atoms with Crippen molar-refractivity contribution in [1.82, 2.24) is 5.32 Å². The summed E-state index contributed by atoms with van der Waals surface area (Å²) in [4.78, 5) is 22.3. The first-order valence-electron chi connectivity index (χ1n) is 7.36. The van der Waals surface area contributed by atoms with Crippen LogP contribution >= 0.6 is 0 Å². The van der Waals surface area contributed by atoms with Crippen molar-refractivity contribution in [2.75, 3.05) is 6.54 Å². The van der Waals surface area contributed by atoms with Gasteiger partial charge in [-0.3, -0.25) is 9.59 Å². The largest absolute Gasteiger partial charge is 0.460 e. The maximum absolute atomic E-state index is 11.7. The summed E-state index contributed by atoms with van der Waals surface area (Å²) in [5.74, 6) is -0.0494. The standard InChI is InChI=1S/C17H20N2O3/c1-2-3-7-14-13(9-10-17(21)19-11-16(18)20)12-6-4-5-8-15(12)22-14/h4-6,8-10H,2-3,7,11H2,1H3,(H2,18,20)(H,19,21)/b10-9+. The first kappa shape index (κ1) is 15.8. The Kier molecular flexibility index (Phi) is 5.36. The van der Waals surface area contributed by atoms with Gasteiger partial charge < -0.3 is 15.5 Å². The Morgan fingerprint density at radius 1 is 1.32 bits per heavy atom. The van der Waals surface area contributed by atoms with Gasteiger partial charge in [-0.05, 0) is 18.6 Å². The third kappa shape index (κ3) is 3.97. The molecule has 0 saturated carbocycles. The van der Waals surface area contributed by atoms with E-state index in [1.807, 2.05) is 24.3 Å². The first-order chi connectivity index (χ1) is 10.6. The van der Waals surface area contributed by atoms with Crippen LogP contribution in [-0.4, -0.2) is 18.4 Å². The molecule has 2 aromatic rings. The Morgan fingerprint density at radius 2 is 2.09 bits per heavy atom. The molecule has 0 aliphatic heterocycles. The lowest BCUT2D eigenvalue weighted by Crippen LogP contribution is -2.32. The lowest BCUT2D eigenvalue weighted by atomic mass is 10.1. The molecule has 0 bridgehead atoms. The molecule has 2 amide bonds. The Labute approximate surface area is 129 Å². The number of para-hydroxylation sites is 1. The summed E-state index contributed by atoms with van der Waals surface area (Å²) in [5.41, 5.74) is 6.72. The van der Waals surface area contributed by atoms with Crippen LogP contribution in [-0.2, 0) is 16.0 Å². The zero-order chi connectivity index (χ0) is 15.9. The molecule has 0 fully saturated rings. The summed E-state index contributed by atoms with van der Waals surface area (Å²) in [6.45, 7) is 1.95. The van der Waals surface area contributed by atoms with Gasteiger partial charge in [-0.25, -0.2) is 0 Å². The number of carbonyl (C=O) groups is 2. The van der Waals surface area contributed by atoms with Crippen LogP contribution in [0.1, 0.15) is 31.1 Å². The Morgan fingerprint density at radius 3 is 2.82 bits per heavy atom. The molecule has 0 unspecified atom stereocenters. The summed E-state index contributed by atoms with van der Waals surface area (Å²) in [6.07, 6.45) is 6.05. The average Bonchev–Trinajstić information content (AvgIpc) is 2.86. The molecule has 1 aromatic heterocycles. The van der Waals surface area contributed by atoms with E-state index in [1.165, 1.54) is 6.08 Å². The second kappa shape index (κ2) is 7.45. The number of amides is 2. The van der Waals surface area contributed by atoms with Gasteiger partial charge in [0.15, 0.2) is 0 Å². The van der Waals surface area contributed by atoms with E-state index in [2.05, 4.69) is 12.2 Å². The highest BCUT2D eigenvalue weighted by molar-refractivity contribution is 5.97. The predicted molar refractivity (Wildman–Crippen MR) is 86.1 cm³/mol. The molecule has 0 aliphatic carbocycles. The van der Waals surface area contributed by atoms with Crippen molar-refractivity contribution in [3.05, 3.63) is 41.7 Å². The van der Waals surface area contributed by atoms with E-state index in [9.17, 15) is 9.59 Å². The SMILES string of the molecule is CCCCc1oc2ccccc2c1/C=C/C(=O)NCC(N)=O. The van der Waals surface area contributed by atoms with E-state index in [-0.39, 0.29) is 12.5 Å². The molecule has 5 nitrogen and oxygen atoms in total. The third-order valence-corrected chi connectivity index (χ3v) is 3.31. The smallest absolute Gasteiger partial charge is 0.244 e. The topological polar surface area (TPSA) is 85.3 Å². The normalized spacial score (nSPS) is 11.1. The average molecular weight is 300 g/mol. The van der Waals surface area contributed by atoms with Crippen LogP contribution in [0.4, 0.5) is 0 Å². The third-order valence-electron chi connectivity index (χ3n) is 3.31. The highest BCUT2D eigenvalue weighted by Gasteiger charge is 2.11. The monoisotopic (exact) mass is 300 g/mol. The number of nitrogens with two attached hydrogens (primary N) is 1. The van der Waals surface area contributed by atoms with Gasteiger partial charge in [-0.2, -0.15) is 0 Å². The number of primary amides is 1. The van der Waals surface area contributed by atoms with Gasteiger partial charge in [-0.15, -0.1) is 0 Å². The van der Waals surface area contributed by atoms with Crippen LogP contribution < -0.4 is 11.1 Å². The second-order valence-corrected chi connectivity index (χ2v) is 5.06. The molecular formula is C17H20N2O3. The number of nitrogens with one attached hydrogen (secondary N) is 1. The Balaban J connectivity index is 2.24. The zero-order valence-electron chi connectivity index (χ0n) is 12.6. The molecule has 0 spiro atoms. The Hall–Kier alpha value is -2.56. The van der Waals surface area contributed by atoms with Crippen molar-refractivity contribution >= 4 is 28.9 Å². The van der Waals surface area contributed by atoms with Crippen molar-refractivity contribution in [3.63, 3.8) is 0 Å². The first-order valence-corrected chi connectivity index (χ1v) is 7.36. The minimum Gasteiger partial charge on any atom is -0.460 e. The number of aryl methyl sites for hydroxylation is 1. The lowest BCUT2D eigenvalue weighted by Gasteiger charge is -1.99. The van der Waals surface area contributed by atoms with Crippen molar-refractivity contribution in [2.24, 2.45) is 5.73 Å². The van der Waals surface area contributed by atoms with Crippen molar-refractivity contribution in [3.8, 4) is 0 Å². The molecule has 22 heavy (non-hydrogen) atoms. The predicted octanol–water partition coefficient (Wildman–Crippen LogP) is 2.39. The molecule has 3 N–H and O–H groups in total. The number of hydrogen-bond acceptors (Lipinski definition) is 3. The van der Waals surface area contributed by atoms with Crippen molar-refractivity contribution < 1.29 is 14.0 Å². The van der Waals surface area contributed by atoms with E-state index >= 15 is 0 Å². The highest BCUT2D eigenvalue weighted by Crippen LogP contribution is 2.28. The summed E-state index contributed by atoms with van der Waals surface area (Å²) in [7, 11) is 0. The van der Waals surface area contributed by atoms with Gasteiger partial charge in [0.2, 0.25) is 11.8 Å². The minimum atomic E-state index is -0.570. The number of hydrogen-bond donors (Lipinski definition) is 2.